The first-order valence-corrected chi connectivity index (χ1v) is 8.25. The summed E-state index contributed by atoms with van der Waals surface area (Å²) in [6.45, 7) is 4.95. The fraction of sp³-hybridized carbons (Fsp3) is 0.300. The fourth-order valence-electron chi connectivity index (χ4n) is 3.09. The van der Waals surface area contributed by atoms with Gasteiger partial charge in [-0.1, -0.05) is 24.3 Å². The Bertz CT molecular complexity index is 765. The molecular weight excluding hydrogens is 302 g/mol. The molecule has 0 spiro atoms. The summed E-state index contributed by atoms with van der Waals surface area (Å²) in [7, 11) is 0. The SMILES string of the molecule is CCOc1ccc(CC(=O)N2CCC(=O)c3cccc(C)c32)cc1. The second-order valence-electron chi connectivity index (χ2n) is 5.94. The van der Waals surface area contributed by atoms with Crippen LogP contribution in [0.3, 0.4) is 0 Å². The Morgan fingerprint density at radius 1 is 1.17 bits per heavy atom. The molecule has 3 rings (SSSR count). The molecule has 4 nitrogen and oxygen atoms in total. The van der Waals surface area contributed by atoms with E-state index >= 15 is 0 Å². The third kappa shape index (κ3) is 3.18. The second-order valence-corrected chi connectivity index (χ2v) is 5.94. The summed E-state index contributed by atoms with van der Waals surface area (Å²) >= 11 is 0. The number of carbonyl (C=O) groups is 2. The molecule has 0 atom stereocenters. The van der Waals surface area contributed by atoms with E-state index in [1.165, 1.54) is 0 Å². The highest BCUT2D eigenvalue weighted by Gasteiger charge is 2.28. The highest BCUT2D eigenvalue weighted by Crippen LogP contribution is 2.31. The number of fused-ring (bicyclic) bond motifs is 1. The summed E-state index contributed by atoms with van der Waals surface area (Å²) in [5.74, 6) is 0.930. The number of amides is 1. The molecule has 0 aromatic heterocycles. The molecule has 0 saturated heterocycles. The molecule has 0 fully saturated rings. The molecular formula is C20H21NO3. The zero-order valence-electron chi connectivity index (χ0n) is 14.0. The smallest absolute Gasteiger partial charge is 0.231 e. The number of carbonyl (C=O) groups excluding carboxylic acids is 2. The average molecular weight is 323 g/mol. The fourth-order valence-corrected chi connectivity index (χ4v) is 3.09. The van der Waals surface area contributed by atoms with Crippen LogP contribution in [0, 0.1) is 6.92 Å². The minimum absolute atomic E-state index is 0.0159. The van der Waals surface area contributed by atoms with Gasteiger partial charge in [-0.25, -0.2) is 0 Å². The van der Waals surface area contributed by atoms with E-state index in [1.54, 1.807) is 11.0 Å². The molecule has 24 heavy (non-hydrogen) atoms. The van der Waals surface area contributed by atoms with Crippen molar-refractivity contribution in [3.05, 3.63) is 59.2 Å². The van der Waals surface area contributed by atoms with Gasteiger partial charge in [0.15, 0.2) is 5.78 Å². The second kappa shape index (κ2) is 6.87. The Kier molecular flexibility index (Phi) is 4.65. The first kappa shape index (κ1) is 16.2. The molecule has 2 aromatic rings. The molecule has 0 bridgehead atoms. The average Bonchev–Trinajstić information content (AvgIpc) is 2.58. The van der Waals surface area contributed by atoms with Crippen molar-refractivity contribution in [3.8, 4) is 5.75 Å². The lowest BCUT2D eigenvalue weighted by atomic mass is 9.96. The van der Waals surface area contributed by atoms with E-state index < -0.39 is 0 Å². The number of Topliss-reactive ketones (excluding diaryl/α,β-unsaturated/α-hetero) is 1. The largest absolute Gasteiger partial charge is 0.494 e. The molecule has 0 saturated carbocycles. The molecule has 0 unspecified atom stereocenters. The van der Waals surface area contributed by atoms with Gasteiger partial charge in [0.25, 0.3) is 0 Å². The Hall–Kier alpha value is -2.62. The van der Waals surface area contributed by atoms with Crippen LogP contribution in [-0.2, 0) is 11.2 Å². The number of rotatable bonds is 4. The van der Waals surface area contributed by atoms with Gasteiger partial charge in [-0.05, 0) is 43.2 Å². The van der Waals surface area contributed by atoms with Crippen molar-refractivity contribution in [2.45, 2.75) is 26.7 Å². The topological polar surface area (TPSA) is 46.6 Å². The molecule has 4 heteroatoms. The lowest BCUT2D eigenvalue weighted by Crippen LogP contribution is -2.38. The van der Waals surface area contributed by atoms with Crippen LogP contribution in [0.1, 0.15) is 34.8 Å². The molecule has 2 aromatic carbocycles. The number of hydrogen-bond acceptors (Lipinski definition) is 3. The van der Waals surface area contributed by atoms with Gasteiger partial charge in [0.1, 0.15) is 5.75 Å². The Morgan fingerprint density at radius 3 is 2.62 bits per heavy atom. The predicted octanol–water partition coefficient (Wildman–Crippen LogP) is 3.56. The van der Waals surface area contributed by atoms with E-state index in [0.29, 0.717) is 31.6 Å². The van der Waals surface area contributed by atoms with Crippen LogP contribution >= 0.6 is 0 Å². The summed E-state index contributed by atoms with van der Waals surface area (Å²) in [6.07, 6.45) is 0.694. The van der Waals surface area contributed by atoms with Crippen LogP contribution in [0.4, 0.5) is 5.69 Å². The number of para-hydroxylation sites is 1. The molecule has 1 aliphatic heterocycles. The van der Waals surface area contributed by atoms with Crippen molar-refractivity contribution in [1.29, 1.82) is 0 Å². The van der Waals surface area contributed by atoms with Gasteiger partial charge >= 0.3 is 0 Å². The van der Waals surface area contributed by atoms with Gasteiger partial charge in [0.2, 0.25) is 5.91 Å². The highest BCUT2D eigenvalue weighted by atomic mass is 16.5. The van der Waals surface area contributed by atoms with Crippen molar-refractivity contribution in [1.82, 2.24) is 0 Å². The summed E-state index contributed by atoms with van der Waals surface area (Å²) in [5.41, 5.74) is 3.32. The Balaban J connectivity index is 1.81. The lowest BCUT2D eigenvalue weighted by Gasteiger charge is -2.30. The van der Waals surface area contributed by atoms with E-state index in [4.69, 9.17) is 4.74 Å². The van der Waals surface area contributed by atoms with Crippen LogP contribution in [0.5, 0.6) is 5.75 Å². The molecule has 0 radical (unpaired) electrons. The maximum atomic E-state index is 12.8. The van der Waals surface area contributed by atoms with Gasteiger partial charge in [0.05, 0.1) is 18.7 Å². The van der Waals surface area contributed by atoms with Crippen molar-refractivity contribution in [3.63, 3.8) is 0 Å². The van der Waals surface area contributed by atoms with E-state index in [9.17, 15) is 9.59 Å². The Morgan fingerprint density at radius 2 is 1.92 bits per heavy atom. The van der Waals surface area contributed by atoms with Gasteiger partial charge in [-0.3, -0.25) is 9.59 Å². The zero-order valence-corrected chi connectivity index (χ0v) is 14.0. The van der Waals surface area contributed by atoms with Crippen LogP contribution in [0.2, 0.25) is 0 Å². The Labute approximate surface area is 142 Å². The summed E-state index contributed by atoms with van der Waals surface area (Å²) < 4.78 is 5.42. The summed E-state index contributed by atoms with van der Waals surface area (Å²) in [5, 5.41) is 0. The van der Waals surface area contributed by atoms with Crippen molar-refractivity contribution in [2.75, 3.05) is 18.1 Å². The first-order valence-electron chi connectivity index (χ1n) is 8.25. The molecule has 0 N–H and O–H groups in total. The minimum Gasteiger partial charge on any atom is -0.494 e. The van der Waals surface area contributed by atoms with E-state index in [1.807, 2.05) is 50.2 Å². The number of aryl methyl sites for hydroxylation is 1. The summed E-state index contributed by atoms with van der Waals surface area (Å²) in [6, 6.07) is 13.2. The molecule has 1 amide bonds. The molecule has 1 aliphatic rings. The third-order valence-corrected chi connectivity index (χ3v) is 4.26. The maximum absolute atomic E-state index is 12.8. The molecule has 124 valence electrons. The van der Waals surface area contributed by atoms with Crippen molar-refractivity contribution >= 4 is 17.4 Å². The van der Waals surface area contributed by atoms with Gasteiger partial charge in [-0.15, -0.1) is 0 Å². The van der Waals surface area contributed by atoms with Crippen molar-refractivity contribution in [2.24, 2.45) is 0 Å². The first-order chi connectivity index (χ1) is 11.6. The van der Waals surface area contributed by atoms with Crippen LogP contribution in [0.25, 0.3) is 0 Å². The highest BCUT2D eigenvalue weighted by molar-refractivity contribution is 6.09. The predicted molar refractivity (Wildman–Crippen MR) is 93.8 cm³/mol. The monoisotopic (exact) mass is 323 g/mol. The van der Waals surface area contributed by atoms with Crippen LogP contribution in [0.15, 0.2) is 42.5 Å². The zero-order chi connectivity index (χ0) is 17.1. The number of ether oxygens (including phenoxy) is 1. The number of ketones is 1. The van der Waals surface area contributed by atoms with Crippen LogP contribution in [-0.4, -0.2) is 24.8 Å². The van der Waals surface area contributed by atoms with Gasteiger partial charge < -0.3 is 9.64 Å². The van der Waals surface area contributed by atoms with Crippen LogP contribution < -0.4 is 9.64 Å². The maximum Gasteiger partial charge on any atom is 0.231 e. The number of nitrogens with zero attached hydrogens (tertiary/aromatic N) is 1. The minimum atomic E-state index is 0.0159. The number of hydrogen-bond donors (Lipinski definition) is 0. The standard InChI is InChI=1S/C20H21NO3/c1-3-24-16-9-7-15(8-10-16)13-19(23)21-12-11-18(22)17-6-4-5-14(2)20(17)21/h4-10H,3,11-13H2,1-2H3. The van der Waals surface area contributed by atoms with E-state index in [0.717, 1.165) is 22.6 Å². The molecule has 1 heterocycles. The number of benzene rings is 2. The third-order valence-electron chi connectivity index (χ3n) is 4.26. The quantitative estimate of drug-likeness (QED) is 0.864. The normalized spacial score (nSPS) is 13.6. The van der Waals surface area contributed by atoms with E-state index in [2.05, 4.69) is 0 Å². The summed E-state index contributed by atoms with van der Waals surface area (Å²) in [4.78, 5) is 26.6. The van der Waals surface area contributed by atoms with Gasteiger partial charge in [-0.2, -0.15) is 0 Å². The van der Waals surface area contributed by atoms with E-state index in [-0.39, 0.29) is 11.7 Å². The van der Waals surface area contributed by atoms with Crippen molar-refractivity contribution < 1.29 is 14.3 Å². The molecule has 0 aliphatic carbocycles. The van der Waals surface area contributed by atoms with Gasteiger partial charge in [0, 0.05) is 18.5 Å². The number of anilines is 1. The lowest BCUT2D eigenvalue weighted by molar-refractivity contribution is -0.118.